The average molecular weight is 479 g/mol. The summed E-state index contributed by atoms with van der Waals surface area (Å²) in [5.74, 6) is 1.62. The maximum atomic E-state index is 10.6. The van der Waals surface area contributed by atoms with Gasteiger partial charge in [0.1, 0.15) is 24.2 Å². The molecule has 8 heteroatoms. The van der Waals surface area contributed by atoms with Gasteiger partial charge in [0.05, 0.1) is 21.8 Å². The third-order valence-corrected chi connectivity index (χ3v) is 7.16. The molecule has 0 amide bonds. The summed E-state index contributed by atoms with van der Waals surface area (Å²) < 4.78 is 12.6. The summed E-state index contributed by atoms with van der Waals surface area (Å²) in [7, 11) is 0. The number of aliphatic hydroxyl groups is 1. The van der Waals surface area contributed by atoms with Gasteiger partial charge in [0, 0.05) is 49.9 Å². The fourth-order valence-corrected chi connectivity index (χ4v) is 5.27. The Kier molecular flexibility index (Phi) is 6.92. The molecule has 0 aliphatic carbocycles. The quantitative estimate of drug-likeness (QED) is 0.407. The number of aromatic nitrogens is 2. The SMILES string of the molecule is Cc1nc2cc(OC[C@H](O)CN3CCN(Cc4cc(-c5ccccc5)no4)C[C@@H]3C)ccc2s1. The summed E-state index contributed by atoms with van der Waals surface area (Å²) in [6.07, 6.45) is -0.551. The van der Waals surface area contributed by atoms with Crippen LogP contribution >= 0.6 is 11.3 Å². The van der Waals surface area contributed by atoms with Crippen LogP contribution in [-0.2, 0) is 6.54 Å². The van der Waals surface area contributed by atoms with Crippen LogP contribution in [0.3, 0.4) is 0 Å². The minimum absolute atomic E-state index is 0.266. The number of hydrogen-bond acceptors (Lipinski definition) is 8. The monoisotopic (exact) mass is 478 g/mol. The zero-order valence-corrected chi connectivity index (χ0v) is 20.4. The smallest absolute Gasteiger partial charge is 0.151 e. The van der Waals surface area contributed by atoms with Gasteiger partial charge in [-0.15, -0.1) is 11.3 Å². The van der Waals surface area contributed by atoms with Crippen LogP contribution in [0.2, 0.25) is 0 Å². The van der Waals surface area contributed by atoms with Gasteiger partial charge in [-0.3, -0.25) is 9.80 Å². The summed E-state index contributed by atoms with van der Waals surface area (Å²) in [5, 5.41) is 15.9. The second-order valence-electron chi connectivity index (χ2n) is 8.95. The molecule has 1 fully saturated rings. The second-order valence-corrected chi connectivity index (χ2v) is 10.2. The summed E-state index contributed by atoms with van der Waals surface area (Å²) >= 11 is 1.67. The van der Waals surface area contributed by atoms with Gasteiger partial charge < -0.3 is 14.4 Å². The molecule has 1 aliphatic rings. The lowest BCUT2D eigenvalue weighted by molar-refractivity contribution is 0.0178. The Morgan fingerprint density at radius 3 is 2.85 bits per heavy atom. The Bertz CT molecular complexity index is 1230. The molecule has 1 saturated heterocycles. The highest BCUT2D eigenvalue weighted by Gasteiger charge is 2.26. The number of aliphatic hydroxyl groups excluding tert-OH is 1. The van der Waals surface area contributed by atoms with E-state index in [2.05, 4.69) is 26.9 Å². The summed E-state index contributed by atoms with van der Waals surface area (Å²) in [6.45, 7) is 8.52. The molecule has 2 atom stereocenters. The zero-order valence-electron chi connectivity index (χ0n) is 19.6. The van der Waals surface area contributed by atoms with Crippen molar-refractivity contribution >= 4 is 21.6 Å². The van der Waals surface area contributed by atoms with Crippen molar-refractivity contribution in [3.8, 4) is 17.0 Å². The summed E-state index contributed by atoms with van der Waals surface area (Å²) in [5.41, 5.74) is 2.88. The van der Waals surface area contributed by atoms with Crippen LogP contribution in [0.4, 0.5) is 0 Å². The molecule has 0 spiro atoms. The van der Waals surface area contributed by atoms with E-state index in [1.165, 1.54) is 0 Å². The normalized spacial score (nSPS) is 18.4. The molecule has 0 radical (unpaired) electrons. The molecule has 0 unspecified atom stereocenters. The van der Waals surface area contributed by atoms with E-state index in [0.717, 1.165) is 64.2 Å². The Morgan fingerprint density at radius 2 is 2.03 bits per heavy atom. The molecule has 3 heterocycles. The van der Waals surface area contributed by atoms with Crippen molar-refractivity contribution in [1.29, 1.82) is 0 Å². The van der Waals surface area contributed by atoms with Crippen molar-refractivity contribution in [2.45, 2.75) is 32.5 Å². The van der Waals surface area contributed by atoms with E-state index in [0.29, 0.717) is 12.6 Å². The van der Waals surface area contributed by atoms with E-state index < -0.39 is 6.10 Å². The van der Waals surface area contributed by atoms with Gasteiger partial charge in [-0.2, -0.15) is 0 Å². The highest BCUT2D eigenvalue weighted by Crippen LogP contribution is 2.26. The van der Waals surface area contributed by atoms with Crippen molar-refractivity contribution < 1.29 is 14.4 Å². The van der Waals surface area contributed by atoms with Crippen LogP contribution < -0.4 is 4.74 Å². The van der Waals surface area contributed by atoms with Crippen molar-refractivity contribution in [2.24, 2.45) is 0 Å². The van der Waals surface area contributed by atoms with Crippen LogP contribution in [-0.4, -0.2) is 70.0 Å². The Balaban J connectivity index is 1.09. The lowest BCUT2D eigenvalue weighted by atomic mass is 10.1. The fourth-order valence-electron chi connectivity index (χ4n) is 4.47. The molecule has 2 aromatic carbocycles. The molecule has 178 valence electrons. The predicted molar refractivity (Wildman–Crippen MR) is 134 cm³/mol. The second kappa shape index (κ2) is 10.2. The lowest BCUT2D eigenvalue weighted by Crippen LogP contribution is -2.53. The van der Waals surface area contributed by atoms with Gasteiger partial charge in [-0.25, -0.2) is 4.98 Å². The number of aryl methyl sites for hydroxylation is 1. The van der Waals surface area contributed by atoms with Gasteiger partial charge in [-0.1, -0.05) is 35.5 Å². The predicted octanol–water partition coefficient (Wildman–Crippen LogP) is 4.21. The Labute approximate surface area is 203 Å². The molecular formula is C26H30N4O3S. The lowest BCUT2D eigenvalue weighted by Gasteiger charge is -2.40. The first-order valence-corrected chi connectivity index (χ1v) is 12.5. The third kappa shape index (κ3) is 5.47. The minimum atomic E-state index is -0.551. The molecule has 34 heavy (non-hydrogen) atoms. The first kappa shape index (κ1) is 23.0. The Morgan fingerprint density at radius 1 is 1.18 bits per heavy atom. The minimum Gasteiger partial charge on any atom is -0.491 e. The van der Waals surface area contributed by atoms with Gasteiger partial charge in [0.2, 0.25) is 0 Å². The number of hydrogen-bond donors (Lipinski definition) is 1. The van der Waals surface area contributed by atoms with Crippen LogP contribution in [0.1, 0.15) is 17.7 Å². The summed E-state index contributed by atoms with van der Waals surface area (Å²) in [4.78, 5) is 9.22. The van der Waals surface area contributed by atoms with Crippen LogP contribution in [0, 0.1) is 6.92 Å². The molecule has 1 N–H and O–H groups in total. The van der Waals surface area contributed by atoms with E-state index >= 15 is 0 Å². The van der Waals surface area contributed by atoms with Crippen molar-refractivity contribution in [2.75, 3.05) is 32.8 Å². The molecule has 7 nitrogen and oxygen atoms in total. The molecular weight excluding hydrogens is 448 g/mol. The highest BCUT2D eigenvalue weighted by molar-refractivity contribution is 7.18. The number of thiazole rings is 1. The number of ether oxygens (including phenoxy) is 1. The van der Waals surface area contributed by atoms with E-state index in [9.17, 15) is 5.11 Å². The maximum Gasteiger partial charge on any atom is 0.151 e. The topological polar surface area (TPSA) is 74.9 Å². The molecule has 1 aliphatic heterocycles. The van der Waals surface area contributed by atoms with Crippen LogP contribution in [0.15, 0.2) is 59.1 Å². The largest absolute Gasteiger partial charge is 0.491 e. The molecule has 4 aromatic rings. The van der Waals surface area contributed by atoms with Crippen LogP contribution in [0.25, 0.3) is 21.5 Å². The van der Waals surface area contributed by atoms with Crippen molar-refractivity contribution in [3.05, 3.63) is 65.4 Å². The van der Waals surface area contributed by atoms with Gasteiger partial charge in [0.25, 0.3) is 0 Å². The number of fused-ring (bicyclic) bond motifs is 1. The number of rotatable bonds is 8. The number of benzene rings is 2. The van der Waals surface area contributed by atoms with E-state index in [4.69, 9.17) is 9.26 Å². The van der Waals surface area contributed by atoms with Gasteiger partial charge >= 0.3 is 0 Å². The van der Waals surface area contributed by atoms with Crippen molar-refractivity contribution in [1.82, 2.24) is 19.9 Å². The maximum absolute atomic E-state index is 10.6. The van der Waals surface area contributed by atoms with Crippen LogP contribution in [0.5, 0.6) is 5.75 Å². The third-order valence-electron chi connectivity index (χ3n) is 6.21. The van der Waals surface area contributed by atoms with E-state index in [1.54, 1.807) is 11.3 Å². The zero-order chi connectivity index (χ0) is 23.5. The number of piperazine rings is 1. The number of β-amino-alcohol motifs (C(OH)–C–C–N with tert-alkyl or cyclic N) is 1. The molecule has 0 bridgehead atoms. The first-order chi connectivity index (χ1) is 16.5. The summed E-state index contributed by atoms with van der Waals surface area (Å²) in [6, 6.07) is 18.4. The standard InChI is InChI=1S/C26H30N4O3S/c1-18-14-29(16-23-13-24(28-33-23)20-6-4-3-5-7-20)10-11-30(18)15-21(31)17-32-22-8-9-26-25(12-22)27-19(2)34-26/h3-9,12-13,18,21,31H,10-11,14-17H2,1-2H3/t18-,21+/m0/s1. The molecule has 2 aromatic heterocycles. The van der Waals surface area contributed by atoms with Gasteiger partial charge in [0.15, 0.2) is 5.76 Å². The molecule has 5 rings (SSSR count). The van der Waals surface area contributed by atoms with Crippen molar-refractivity contribution in [3.63, 3.8) is 0 Å². The average Bonchev–Trinajstić information content (AvgIpc) is 3.45. The first-order valence-electron chi connectivity index (χ1n) is 11.7. The van der Waals surface area contributed by atoms with E-state index in [-0.39, 0.29) is 6.61 Å². The highest BCUT2D eigenvalue weighted by atomic mass is 32.1. The molecule has 0 saturated carbocycles. The van der Waals surface area contributed by atoms with E-state index in [1.807, 2.05) is 61.5 Å². The fraction of sp³-hybridized carbons (Fsp3) is 0.385. The Hall–Kier alpha value is -2.78. The number of nitrogens with zero attached hydrogens (tertiary/aromatic N) is 4. The van der Waals surface area contributed by atoms with Gasteiger partial charge in [-0.05, 0) is 26.0 Å².